The number of piperidine rings is 2. The van der Waals surface area contributed by atoms with Gasteiger partial charge in [0.2, 0.25) is 5.91 Å². The fraction of sp³-hybridized carbons (Fsp3) is 0.500. The molecule has 3 N–H and O–H groups in total. The second-order valence-corrected chi connectivity index (χ2v) is 5.45. The molecule has 2 atom stereocenters. The third-order valence-corrected chi connectivity index (χ3v) is 4.18. The Balaban J connectivity index is 1.72. The summed E-state index contributed by atoms with van der Waals surface area (Å²) >= 11 is 0. The maximum Gasteiger partial charge on any atom is 0.257 e. The highest BCUT2D eigenvalue weighted by atomic mass is 16.2. The van der Waals surface area contributed by atoms with E-state index < -0.39 is 0 Å². The summed E-state index contributed by atoms with van der Waals surface area (Å²) in [6.07, 6.45) is 3.79. The van der Waals surface area contributed by atoms with Gasteiger partial charge in [-0.1, -0.05) is 0 Å². The summed E-state index contributed by atoms with van der Waals surface area (Å²) in [5.74, 6) is 0.688. The predicted molar refractivity (Wildman–Crippen MR) is 73.8 cm³/mol. The third-order valence-electron chi connectivity index (χ3n) is 4.18. The normalized spacial score (nSPS) is 25.8. The summed E-state index contributed by atoms with van der Waals surface area (Å²) < 4.78 is 0. The zero-order valence-corrected chi connectivity index (χ0v) is 11.2. The summed E-state index contributed by atoms with van der Waals surface area (Å²) in [4.78, 5) is 29.6. The van der Waals surface area contributed by atoms with E-state index in [1.807, 2.05) is 4.90 Å². The summed E-state index contributed by atoms with van der Waals surface area (Å²) in [6.45, 7) is 1.33. The molecule has 6 heteroatoms. The number of nitrogens with one attached hydrogen (secondary N) is 1. The van der Waals surface area contributed by atoms with Crippen molar-refractivity contribution in [2.45, 2.75) is 25.3 Å². The van der Waals surface area contributed by atoms with Crippen LogP contribution in [0.5, 0.6) is 0 Å². The van der Waals surface area contributed by atoms with Crippen LogP contribution in [0.1, 0.15) is 29.6 Å². The van der Waals surface area contributed by atoms with Gasteiger partial charge in [0.25, 0.3) is 5.91 Å². The first-order valence-electron chi connectivity index (χ1n) is 6.94. The topological polar surface area (TPSA) is 88.3 Å². The molecule has 2 amide bonds. The van der Waals surface area contributed by atoms with Gasteiger partial charge < -0.3 is 16.0 Å². The van der Waals surface area contributed by atoms with E-state index in [0.717, 1.165) is 12.8 Å². The Morgan fingerprint density at radius 1 is 1.45 bits per heavy atom. The van der Waals surface area contributed by atoms with E-state index in [1.54, 1.807) is 18.3 Å². The maximum atomic E-state index is 12.5. The lowest BCUT2D eigenvalue weighted by Crippen LogP contribution is -2.55. The number of nitrogen functional groups attached to an aromatic ring is 1. The molecule has 20 heavy (non-hydrogen) atoms. The van der Waals surface area contributed by atoms with E-state index in [0.29, 0.717) is 31.0 Å². The molecule has 0 saturated carbocycles. The number of carbonyl (C=O) groups excluding carboxylic acids is 2. The summed E-state index contributed by atoms with van der Waals surface area (Å²) in [5.41, 5.74) is 6.23. The summed E-state index contributed by atoms with van der Waals surface area (Å²) in [6, 6.07) is 3.64. The Morgan fingerprint density at radius 3 is 3.10 bits per heavy atom. The lowest BCUT2D eigenvalue weighted by molar-refractivity contribution is -0.125. The maximum absolute atomic E-state index is 12.5. The van der Waals surface area contributed by atoms with Crippen LogP contribution < -0.4 is 11.1 Å². The average Bonchev–Trinajstić information content (AvgIpc) is 2.46. The summed E-state index contributed by atoms with van der Waals surface area (Å²) in [7, 11) is 0. The van der Waals surface area contributed by atoms with Gasteiger partial charge in [-0.25, -0.2) is 4.98 Å². The number of carbonyl (C=O) groups is 2. The number of amides is 2. The number of fused-ring (bicyclic) bond motifs is 1. The highest BCUT2D eigenvalue weighted by Crippen LogP contribution is 2.26. The molecule has 2 fully saturated rings. The predicted octanol–water partition coefficient (Wildman–Crippen LogP) is 0.404. The summed E-state index contributed by atoms with van der Waals surface area (Å²) in [5, 5.41) is 3.01. The first-order valence-corrected chi connectivity index (χ1v) is 6.94. The minimum atomic E-state index is -0.0639. The van der Waals surface area contributed by atoms with Crippen LogP contribution in [0.15, 0.2) is 18.3 Å². The van der Waals surface area contributed by atoms with Crippen molar-refractivity contribution in [2.24, 2.45) is 5.92 Å². The molecule has 0 radical (unpaired) electrons. The molecule has 106 valence electrons. The number of likely N-dealkylation sites (tertiary alicyclic amines) is 1. The number of rotatable bonds is 1. The van der Waals surface area contributed by atoms with Crippen molar-refractivity contribution in [1.29, 1.82) is 0 Å². The first-order chi connectivity index (χ1) is 9.65. The van der Waals surface area contributed by atoms with Gasteiger partial charge in [0, 0.05) is 31.7 Å². The van der Waals surface area contributed by atoms with Gasteiger partial charge in [-0.05, 0) is 30.9 Å². The lowest BCUT2D eigenvalue weighted by Gasteiger charge is -2.41. The van der Waals surface area contributed by atoms with Crippen molar-refractivity contribution in [1.82, 2.24) is 15.2 Å². The van der Waals surface area contributed by atoms with Crippen molar-refractivity contribution in [3.05, 3.63) is 23.9 Å². The van der Waals surface area contributed by atoms with Crippen LogP contribution in [0.3, 0.4) is 0 Å². The van der Waals surface area contributed by atoms with Crippen molar-refractivity contribution >= 4 is 17.6 Å². The smallest absolute Gasteiger partial charge is 0.257 e. The molecule has 0 bridgehead atoms. The largest absolute Gasteiger partial charge is 0.383 e. The van der Waals surface area contributed by atoms with Crippen LogP contribution in [0.2, 0.25) is 0 Å². The van der Waals surface area contributed by atoms with Crippen LogP contribution in [0, 0.1) is 5.92 Å². The number of nitrogens with zero attached hydrogens (tertiary/aromatic N) is 2. The van der Waals surface area contributed by atoms with Gasteiger partial charge in [-0.3, -0.25) is 9.59 Å². The van der Waals surface area contributed by atoms with E-state index in [4.69, 9.17) is 5.73 Å². The Morgan fingerprint density at radius 2 is 2.30 bits per heavy atom. The molecule has 6 nitrogen and oxygen atoms in total. The van der Waals surface area contributed by atoms with Crippen molar-refractivity contribution in [2.75, 3.05) is 18.8 Å². The molecular weight excluding hydrogens is 256 g/mol. The molecule has 2 saturated heterocycles. The highest BCUT2D eigenvalue weighted by molar-refractivity contribution is 5.98. The van der Waals surface area contributed by atoms with Crippen molar-refractivity contribution in [3.63, 3.8) is 0 Å². The van der Waals surface area contributed by atoms with Crippen molar-refractivity contribution in [3.8, 4) is 0 Å². The quantitative estimate of drug-likeness (QED) is 0.776. The van der Waals surface area contributed by atoms with Gasteiger partial charge in [-0.15, -0.1) is 0 Å². The number of pyridine rings is 1. The Bertz CT molecular complexity index is 546. The molecule has 2 aliphatic rings. The SMILES string of the molecule is Nc1ncccc1C(=O)N1CCC2NC(=O)CCC2C1. The monoisotopic (exact) mass is 274 g/mol. The van der Waals surface area contributed by atoms with Crippen LogP contribution in [0.25, 0.3) is 0 Å². The first kappa shape index (κ1) is 12.9. The van der Waals surface area contributed by atoms with Crippen LogP contribution in [-0.2, 0) is 4.79 Å². The van der Waals surface area contributed by atoms with E-state index in [1.165, 1.54) is 0 Å². The van der Waals surface area contributed by atoms with Gasteiger partial charge in [0.05, 0.1) is 5.56 Å². The Kier molecular flexibility index (Phi) is 3.30. The molecule has 3 rings (SSSR count). The zero-order valence-electron chi connectivity index (χ0n) is 11.2. The molecule has 1 aromatic rings. The molecule has 0 aromatic carbocycles. The van der Waals surface area contributed by atoms with Crippen LogP contribution in [-0.4, -0.2) is 40.8 Å². The average molecular weight is 274 g/mol. The lowest BCUT2D eigenvalue weighted by atomic mass is 9.85. The van der Waals surface area contributed by atoms with Gasteiger partial charge in [0.1, 0.15) is 5.82 Å². The molecule has 0 spiro atoms. The van der Waals surface area contributed by atoms with Gasteiger partial charge in [-0.2, -0.15) is 0 Å². The Hall–Kier alpha value is -2.11. The van der Waals surface area contributed by atoms with Crippen LogP contribution in [0.4, 0.5) is 5.82 Å². The molecule has 1 aromatic heterocycles. The fourth-order valence-corrected chi connectivity index (χ4v) is 3.06. The van der Waals surface area contributed by atoms with Crippen molar-refractivity contribution < 1.29 is 9.59 Å². The van der Waals surface area contributed by atoms with Crippen LogP contribution >= 0.6 is 0 Å². The van der Waals surface area contributed by atoms with E-state index in [-0.39, 0.29) is 23.7 Å². The fourth-order valence-electron chi connectivity index (χ4n) is 3.06. The highest BCUT2D eigenvalue weighted by Gasteiger charge is 2.35. The second-order valence-electron chi connectivity index (χ2n) is 5.45. The molecule has 2 unspecified atom stereocenters. The number of aromatic nitrogens is 1. The van der Waals surface area contributed by atoms with E-state index in [2.05, 4.69) is 10.3 Å². The standard InChI is InChI=1S/C14H18N4O2/c15-13-10(2-1-6-16-13)14(20)18-7-5-11-9(8-18)3-4-12(19)17-11/h1-2,6,9,11H,3-5,7-8H2,(H2,15,16)(H,17,19). The number of anilines is 1. The second kappa shape index (κ2) is 5.11. The third kappa shape index (κ3) is 2.33. The zero-order chi connectivity index (χ0) is 14.1. The minimum absolute atomic E-state index is 0.0639. The molecular formula is C14H18N4O2. The number of nitrogens with two attached hydrogens (primary N) is 1. The number of hydrogen-bond donors (Lipinski definition) is 2. The molecule has 3 heterocycles. The minimum Gasteiger partial charge on any atom is -0.383 e. The molecule has 2 aliphatic heterocycles. The van der Waals surface area contributed by atoms with Gasteiger partial charge in [0.15, 0.2) is 0 Å². The molecule has 0 aliphatic carbocycles. The van der Waals surface area contributed by atoms with Gasteiger partial charge >= 0.3 is 0 Å². The van der Waals surface area contributed by atoms with E-state index in [9.17, 15) is 9.59 Å². The number of hydrogen-bond acceptors (Lipinski definition) is 4. The Labute approximate surface area is 117 Å². The van der Waals surface area contributed by atoms with E-state index >= 15 is 0 Å².